The summed E-state index contributed by atoms with van der Waals surface area (Å²) in [5, 5.41) is 5.85. The van der Waals surface area contributed by atoms with Gasteiger partial charge in [-0.15, -0.1) is 0 Å². The van der Waals surface area contributed by atoms with E-state index in [1.54, 1.807) is 0 Å². The fourth-order valence-electron chi connectivity index (χ4n) is 2.72. The predicted molar refractivity (Wildman–Crippen MR) is 87.9 cm³/mol. The molecule has 2 aromatic carbocycles. The van der Waals surface area contributed by atoms with Crippen molar-refractivity contribution in [2.75, 3.05) is 5.32 Å². The number of nitrogens with zero attached hydrogens (tertiary/aromatic N) is 2. The molecule has 0 amide bonds. The molecule has 3 heteroatoms. The first-order valence-electron chi connectivity index (χ1n) is 6.97. The molecule has 0 unspecified atom stereocenters. The molecule has 0 aliphatic heterocycles. The number of fused-ring (bicyclic) bond motifs is 2. The van der Waals surface area contributed by atoms with Crippen LogP contribution in [0.4, 0.5) is 11.4 Å². The van der Waals surface area contributed by atoms with Crippen LogP contribution in [0.25, 0.3) is 21.8 Å². The van der Waals surface area contributed by atoms with Crippen LogP contribution >= 0.6 is 0 Å². The molecule has 0 aliphatic rings. The van der Waals surface area contributed by atoms with Crippen molar-refractivity contribution in [3.05, 3.63) is 67.0 Å². The molecule has 0 saturated carbocycles. The summed E-state index contributed by atoms with van der Waals surface area (Å²) in [7, 11) is 2.06. The number of hydrogen-bond donors (Lipinski definition) is 1. The van der Waals surface area contributed by atoms with E-state index in [2.05, 4.69) is 70.6 Å². The molecule has 2 aromatic heterocycles. The van der Waals surface area contributed by atoms with Gasteiger partial charge in [-0.2, -0.15) is 0 Å². The molecule has 0 fully saturated rings. The minimum absolute atomic E-state index is 0.994. The lowest BCUT2D eigenvalue weighted by Crippen LogP contribution is -1.93. The minimum Gasteiger partial charge on any atom is -0.354 e. The van der Waals surface area contributed by atoms with Crippen molar-refractivity contribution in [3.63, 3.8) is 0 Å². The molecule has 1 N–H and O–H groups in total. The fraction of sp³-hybridized carbons (Fsp3) is 0.0556. The van der Waals surface area contributed by atoms with E-state index in [-0.39, 0.29) is 0 Å². The molecule has 21 heavy (non-hydrogen) atoms. The summed E-state index contributed by atoms with van der Waals surface area (Å²) in [6, 6.07) is 18.8. The molecule has 0 spiro atoms. The molecule has 3 nitrogen and oxygen atoms in total. The Morgan fingerprint density at radius 1 is 0.952 bits per heavy atom. The summed E-state index contributed by atoms with van der Waals surface area (Å²) in [6.45, 7) is 0. The second-order valence-electron chi connectivity index (χ2n) is 5.21. The number of rotatable bonds is 2. The highest BCUT2D eigenvalue weighted by Crippen LogP contribution is 2.26. The number of benzene rings is 2. The third-order valence-corrected chi connectivity index (χ3v) is 3.80. The summed E-state index contributed by atoms with van der Waals surface area (Å²) in [4.78, 5) is 4.48. The van der Waals surface area contributed by atoms with Crippen LogP contribution in [-0.2, 0) is 7.05 Å². The second kappa shape index (κ2) is 4.63. The summed E-state index contributed by atoms with van der Waals surface area (Å²) in [6.07, 6.45) is 3.90. The van der Waals surface area contributed by atoms with Gasteiger partial charge in [0.05, 0.1) is 11.2 Å². The van der Waals surface area contributed by atoms with Crippen molar-refractivity contribution in [2.45, 2.75) is 0 Å². The lowest BCUT2D eigenvalue weighted by atomic mass is 10.1. The zero-order valence-corrected chi connectivity index (χ0v) is 11.7. The Kier molecular flexibility index (Phi) is 2.64. The van der Waals surface area contributed by atoms with Gasteiger partial charge in [0, 0.05) is 41.4 Å². The summed E-state index contributed by atoms with van der Waals surface area (Å²) >= 11 is 0. The lowest BCUT2D eigenvalue weighted by molar-refractivity contribution is 0.969. The first kappa shape index (κ1) is 12.0. The summed E-state index contributed by atoms with van der Waals surface area (Å²) in [5.74, 6) is 0. The highest BCUT2D eigenvalue weighted by atomic mass is 14.9. The van der Waals surface area contributed by atoms with Crippen molar-refractivity contribution in [2.24, 2.45) is 7.05 Å². The molecule has 2 heterocycles. The Morgan fingerprint density at radius 3 is 2.81 bits per heavy atom. The average Bonchev–Trinajstić information content (AvgIpc) is 2.89. The quantitative estimate of drug-likeness (QED) is 0.584. The molecule has 0 aliphatic carbocycles. The van der Waals surface area contributed by atoms with E-state index in [1.807, 2.05) is 18.3 Å². The number of para-hydroxylation sites is 1. The van der Waals surface area contributed by atoms with E-state index < -0.39 is 0 Å². The van der Waals surface area contributed by atoms with E-state index in [0.717, 1.165) is 22.3 Å². The van der Waals surface area contributed by atoms with E-state index >= 15 is 0 Å². The van der Waals surface area contributed by atoms with Crippen LogP contribution in [0.3, 0.4) is 0 Å². The predicted octanol–water partition coefficient (Wildman–Crippen LogP) is 4.47. The number of nitrogens with one attached hydrogen (secondary N) is 1. The van der Waals surface area contributed by atoms with Crippen molar-refractivity contribution in [3.8, 4) is 0 Å². The summed E-state index contributed by atoms with van der Waals surface area (Å²) < 4.78 is 2.12. The standard InChI is InChI=1S/C18H15N3/c1-21-11-9-14-12-15(7-8-17(14)21)20-16-6-2-4-13-5-3-10-19-18(13)16/h2-12,20H,1H3. The topological polar surface area (TPSA) is 29.9 Å². The van der Waals surface area contributed by atoms with Crippen LogP contribution in [0.15, 0.2) is 67.0 Å². The Balaban J connectivity index is 1.79. The van der Waals surface area contributed by atoms with Gasteiger partial charge in [-0.3, -0.25) is 4.98 Å². The van der Waals surface area contributed by atoms with Crippen LogP contribution < -0.4 is 5.32 Å². The summed E-state index contributed by atoms with van der Waals surface area (Å²) in [5.41, 5.74) is 4.33. The number of aryl methyl sites for hydroxylation is 1. The molecular formula is C18H15N3. The number of aromatic nitrogens is 2. The highest BCUT2D eigenvalue weighted by Gasteiger charge is 2.04. The fourth-order valence-corrected chi connectivity index (χ4v) is 2.72. The van der Waals surface area contributed by atoms with Crippen molar-refractivity contribution < 1.29 is 0 Å². The minimum atomic E-state index is 0.994. The van der Waals surface area contributed by atoms with Crippen molar-refractivity contribution in [1.29, 1.82) is 0 Å². The molecular weight excluding hydrogens is 258 g/mol. The van der Waals surface area contributed by atoms with Crippen LogP contribution in [0.1, 0.15) is 0 Å². The first-order valence-corrected chi connectivity index (χ1v) is 6.97. The maximum Gasteiger partial charge on any atom is 0.0936 e. The highest BCUT2D eigenvalue weighted by molar-refractivity contribution is 5.93. The van der Waals surface area contributed by atoms with Gasteiger partial charge < -0.3 is 9.88 Å². The van der Waals surface area contributed by atoms with Gasteiger partial charge in [0.2, 0.25) is 0 Å². The number of anilines is 2. The smallest absolute Gasteiger partial charge is 0.0936 e. The third-order valence-electron chi connectivity index (χ3n) is 3.80. The molecule has 0 saturated heterocycles. The monoisotopic (exact) mass is 273 g/mol. The van der Waals surface area contributed by atoms with Crippen LogP contribution in [0, 0.1) is 0 Å². The van der Waals surface area contributed by atoms with Gasteiger partial charge in [-0.05, 0) is 36.4 Å². The Bertz CT molecular complexity index is 932. The molecule has 4 rings (SSSR count). The van der Waals surface area contributed by atoms with Gasteiger partial charge in [-0.25, -0.2) is 0 Å². The lowest BCUT2D eigenvalue weighted by Gasteiger charge is -2.09. The third kappa shape index (κ3) is 2.03. The van der Waals surface area contributed by atoms with Gasteiger partial charge in [-0.1, -0.05) is 18.2 Å². The van der Waals surface area contributed by atoms with Crippen molar-refractivity contribution in [1.82, 2.24) is 9.55 Å². The molecule has 4 aromatic rings. The van der Waals surface area contributed by atoms with Gasteiger partial charge in [0.15, 0.2) is 0 Å². The number of pyridine rings is 1. The molecule has 102 valence electrons. The maximum absolute atomic E-state index is 4.48. The molecule has 0 bridgehead atoms. The zero-order valence-electron chi connectivity index (χ0n) is 11.7. The van der Waals surface area contributed by atoms with E-state index in [0.29, 0.717) is 0 Å². The van der Waals surface area contributed by atoms with E-state index in [1.165, 1.54) is 10.9 Å². The first-order chi connectivity index (χ1) is 10.3. The van der Waals surface area contributed by atoms with Crippen LogP contribution in [-0.4, -0.2) is 9.55 Å². The number of hydrogen-bond acceptors (Lipinski definition) is 2. The van der Waals surface area contributed by atoms with Gasteiger partial charge >= 0.3 is 0 Å². The largest absolute Gasteiger partial charge is 0.354 e. The normalized spacial score (nSPS) is 11.1. The SMILES string of the molecule is Cn1ccc2cc(Nc3cccc4cccnc34)ccc21. The Hall–Kier alpha value is -2.81. The molecule has 0 atom stereocenters. The van der Waals surface area contributed by atoms with Gasteiger partial charge in [0.25, 0.3) is 0 Å². The average molecular weight is 273 g/mol. The maximum atomic E-state index is 4.48. The van der Waals surface area contributed by atoms with Crippen molar-refractivity contribution >= 4 is 33.2 Å². The van der Waals surface area contributed by atoms with Crippen LogP contribution in [0.2, 0.25) is 0 Å². The molecule has 0 radical (unpaired) electrons. The Morgan fingerprint density at radius 2 is 1.86 bits per heavy atom. The Labute approximate surface area is 122 Å². The van der Waals surface area contributed by atoms with E-state index in [9.17, 15) is 0 Å². The van der Waals surface area contributed by atoms with E-state index in [4.69, 9.17) is 0 Å². The second-order valence-corrected chi connectivity index (χ2v) is 5.21. The zero-order chi connectivity index (χ0) is 14.2. The van der Waals surface area contributed by atoms with Gasteiger partial charge in [0.1, 0.15) is 0 Å². The van der Waals surface area contributed by atoms with Crippen LogP contribution in [0.5, 0.6) is 0 Å².